The predicted molar refractivity (Wildman–Crippen MR) is 73.1 cm³/mol. The van der Waals surface area contributed by atoms with Crippen LogP contribution in [-0.2, 0) is 0 Å². The molecule has 0 bridgehead atoms. The molecule has 2 N–H and O–H groups in total. The minimum atomic E-state index is 0.397. The quantitative estimate of drug-likeness (QED) is 0.865. The van der Waals surface area contributed by atoms with Crippen LogP contribution in [0.3, 0.4) is 0 Å². The Balaban J connectivity index is 1.85. The van der Waals surface area contributed by atoms with Gasteiger partial charge in [0.1, 0.15) is 5.82 Å². The van der Waals surface area contributed by atoms with E-state index < -0.39 is 0 Å². The van der Waals surface area contributed by atoms with Gasteiger partial charge < -0.3 is 10.6 Å². The molecule has 3 rings (SSSR count). The molecule has 1 aromatic rings. The fraction of sp³-hybridized carbons (Fsp3) is 0.615. The Morgan fingerprint density at radius 3 is 3.00 bits per heavy atom. The van der Waals surface area contributed by atoms with Crippen molar-refractivity contribution >= 4 is 21.7 Å². The molecule has 1 aliphatic carbocycles. The van der Waals surface area contributed by atoms with Crippen molar-refractivity contribution < 1.29 is 0 Å². The van der Waals surface area contributed by atoms with Crippen molar-refractivity contribution in [1.29, 1.82) is 0 Å². The smallest absolute Gasteiger partial charge is 0.143 e. The molecular formula is C13H18BrN3. The minimum absolute atomic E-state index is 0.397. The number of hydrogen-bond donors (Lipinski definition) is 1. The average Bonchev–Trinajstić information content (AvgIpc) is 2.85. The first-order valence-electron chi connectivity index (χ1n) is 6.28. The Morgan fingerprint density at radius 2 is 2.24 bits per heavy atom. The number of fused-ring (bicyclic) bond motifs is 1. The van der Waals surface area contributed by atoms with Crippen LogP contribution in [-0.4, -0.2) is 24.1 Å². The summed E-state index contributed by atoms with van der Waals surface area (Å²) in [6, 6.07) is 2.43. The van der Waals surface area contributed by atoms with Crippen LogP contribution >= 0.6 is 15.9 Å². The largest absolute Gasteiger partial charge is 0.355 e. The van der Waals surface area contributed by atoms with E-state index in [1.807, 2.05) is 12.3 Å². The van der Waals surface area contributed by atoms with Gasteiger partial charge in [0.05, 0.1) is 4.47 Å². The van der Waals surface area contributed by atoms with Gasteiger partial charge in [-0.3, -0.25) is 0 Å². The molecule has 2 fully saturated rings. The van der Waals surface area contributed by atoms with Gasteiger partial charge >= 0.3 is 0 Å². The van der Waals surface area contributed by atoms with E-state index in [4.69, 9.17) is 5.73 Å². The van der Waals surface area contributed by atoms with Gasteiger partial charge in [-0.2, -0.15) is 0 Å². The normalized spacial score (nSPS) is 31.9. The fourth-order valence-corrected chi connectivity index (χ4v) is 3.71. The van der Waals surface area contributed by atoms with E-state index >= 15 is 0 Å². The molecule has 1 saturated carbocycles. The number of rotatable bonds is 1. The molecule has 0 radical (unpaired) electrons. The molecule has 2 aliphatic rings. The van der Waals surface area contributed by atoms with Gasteiger partial charge in [0.15, 0.2) is 0 Å². The lowest BCUT2D eigenvalue weighted by Crippen LogP contribution is -2.30. The average molecular weight is 296 g/mol. The van der Waals surface area contributed by atoms with Gasteiger partial charge in [-0.25, -0.2) is 4.98 Å². The number of pyridine rings is 1. The highest BCUT2D eigenvalue weighted by Gasteiger charge is 2.41. The van der Waals surface area contributed by atoms with Gasteiger partial charge in [-0.1, -0.05) is 0 Å². The molecule has 0 amide bonds. The topological polar surface area (TPSA) is 42.2 Å². The van der Waals surface area contributed by atoms with E-state index in [-0.39, 0.29) is 0 Å². The lowest BCUT2D eigenvalue weighted by atomic mass is 9.98. The molecule has 92 valence electrons. The van der Waals surface area contributed by atoms with E-state index in [0.29, 0.717) is 12.0 Å². The Morgan fingerprint density at radius 1 is 1.41 bits per heavy atom. The van der Waals surface area contributed by atoms with Crippen LogP contribution in [0, 0.1) is 18.8 Å². The van der Waals surface area contributed by atoms with E-state index in [2.05, 4.69) is 32.7 Å². The summed E-state index contributed by atoms with van der Waals surface area (Å²) in [7, 11) is 0. The van der Waals surface area contributed by atoms with Gasteiger partial charge in [-0.05, 0) is 59.2 Å². The lowest BCUT2D eigenvalue weighted by molar-refractivity contribution is 0.453. The fourth-order valence-electron chi connectivity index (χ4n) is 3.23. The van der Waals surface area contributed by atoms with Crippen molar-refractivity contribution in [2.75, 3.05) is 18.0 Å². The van der Waals surface area contributed by atoms with Crippen molar-refractivity contribution in [2.24, 2.45) is 17.6 Å². The number of aromatic nitrogens is 1. The van der Waals surface area contributed by atoms with Crippen LogP contribution in [0.15, 0.2) is 16.7 Å². The summed E-state index contributed by atoms with van der Waals surface area (Å²) in [5.41, 5.74) is 7.42. The van der Waals surface area contributed by atoms with Crippen LogP contribution in [0.5, 0.6) is 0 Å². The number of nitrogens with two attached hydrogens (primary N) is 1. The van der Waals surface area contributed by atoms with Crippen molar-refractivity contribution in [3.63, 3.8) is 0 Å². The maximum Gasteiger partial charge on any atom is 0.143 e. The third-order valence-corrected chi connectivity index (χ3v) is 5.26. The summed E-state index contributed by atoms with van der Waals surface area (Å²) in [6.07, 6.45) is 4.38. The summed E-state index contributed by atoms with van der Waals surface area (Å²) < 4.78 is 1.13. The second-order valence-electron chi connectivity index (χ2n) is 5.34. The van der Waals surface area contributed by atoms with Gasteiger partial charge in [0.2, 0.25) is 0 Å². The van der Waals surface area contributed by atoms with Gasteiger partial charge in [0, 0.05) is 25.3 Å². The lowest BCUT2D eigenvalue weighted by Gasteiger charge is -2.21. The molecule has 3 unspecified atom stereocenters. The van der Waals surface area contributed by atoms with E-state index in [0.717, 1.165) is 29.3 Å². The minimum Gasteiger partial charge on any atom is -0.355 e. The monoisotopic (exact) mass is 295 g/mol. The van der Waals surface area contributed by atoms with Crippen molar-refractivity contribution in [3.8, 4) is 0 Å². The van der Waals surface area contributed by atoms with E-state index in [1.54, 1.807) is 0 Å². The molecule has 1 aromatic heterocycles. The Hall–Kier alpha value is -0.610. The highest BCUT2D eigenvalue weighted by Crippen LogP contribution is 2.40. The van der Waals surface area contributed by atoms with Crippen molar-refractivity contribution in [1.82, 2.24) is 4.98 Å². The number of nitrogens with zero attached hydrogens (tertiary/aromatic N) is 2. The highest BCUT2D eigenvalue weighted by atomic mass is 79.9. The summed E-state index contributed by atoms with van der Waals surface area (Å²) in [5, 5.41) is 0. The van der Waals surface area contributed by atoms with Crippen molar-refractivity contribution in [3.05, 3.63) is 22.3 Å². The Labute approximate surface area is 111 Å². The maximum absolute atomic E-state index is 6.17. The summed E-state index contributed by atoms with van der Waals surface area (Å²) in [6.45, 7) is 4.30. The Kier molecular flexibility index (Phi) is 2.87. The summed E-state index contributed by atoms with van der Waals surface area (Å²) in [5.74, 6) is 2.54. The first kappa shape index (κ1) is 11.5. The molecule has 1 aliphatic heterocycles. The third-order valence-electron chi connectivity index (χ3n) is 4.28. The molecule has 0 aromatic carbocycles. The van der Waals surface area contributed by atoms with Crippen LogP contribution < -0.4 is 10.6 Å². The zero-order valence-corrected chi connectivity index (χ0v) is 11.7. The number of hydrogen-bond acceptors (Lipinski definition) is 3. The molecule has 4 heteroatoms. The molecule has 3 nitrogen and oxygen atoms in total. The number of aryl methyl sites for hydroxylation is 1. The van der Waals surface area contributed by atoms with Gasteiger partial charge in [0.25, 0.3) is 0 Å². The predicted octanol–water partition coefficient (Wildman–Crippen LogP) is 2.33. The highest BCUT2D eigenvalue weighted by molar-refractivity contribution is 9.10. The van der Waals surface area contributed by atoms with Crippen LogP contribution in [0.1, 0.15) is 18.4 Å². The molecular weight excluding hydrogens is 278 g/mol. The molecule has 0 spiro atoms. The van der Waals surface area contributed by atoms with E-state index in [9.17, 15) is 0 Å². The summed E-state index contributed by atoms with van der Waals surface area (Å²) in [4.78, 5) is 6.91. The second-order valence-corrected chi connectivity index (χ2v) is 6.13. The van der Waals surface area contributed by atoms with Crippen LogP contribution in [0.4, 0.5) is 5.82 Å². The zero-order chi connectivity index (χ0) is 12.0. The van der Waals surface area contributed by atoms with Crippen LogP contribution in [0.25, 0.3) is 0 Å². The van der Waals surface area contributed by atoms with Gasteiger partial charge in [-0.15, -0.1) is 0 Å². The van der Waals surface area contributed by atoms with Crippen LogP contribution in [0.2, 0.25) is 0 Å². The SMILES string of the molecule is Cc1ccnc(N2CC3CCC(N)C3C2)c1Br. The molecule has 17 heavy (non-hydrogen) atoms. The maximum atomic E-state index is 6.17. The second kappa shape index (κ2) is 4.25. The summed E-state index contributed by atoms with van der Waals surface area (Å²) >= 11 is 3.65. The zero-order valence-electron chi connectivity index (χ0n) is 10.1. The third kappa shape index (κ3) is 1.87. The first-order valence-corrected chi connectivity index (χ1v) is 7.07. The molecule has 1 saturated heterocycles. The Bertz CT molecular complexity index is 435. The number of anilines is 1. The standard InChI is InChI=1S/C13H18BrN3/c1-8-4-5-16-13(12(8)14)17-6-9-2-3-11(15)10(9)7-17/h4-5,9-11H,2-3,6-7,15H2,1H3. The van der Waals surface area contributed by atoms with Crippen molar-refractivity contribution in [2.45, 2.75) is 25.8 Å². The first-order chi connectivity index (χ1) is 8.16. The van der Waals surface area contributed by atoms with E-state index in [1.165, 1.54) is 18.4 Å². The molecule has 2 heterocycles. The molecule has 3 atom stereocenters. The number of halogens is 1.